The minimum Gasteiger partial charge on any atom is -0.395 e. The quantitative estimate of drug-likeness (QED) is 0.691. The molecule has 0 bridgehead atoms. The van der Waals surface area contributed by atoms with Gasteiger partial charge in [0.2, 0.25) is 10.0 Å². The van der Waals surface area contributed by atoms with E-state index in [0.717, 1.165) is 0 Å². The third kappa shape index (κ3) is 4.02. The average Bonchev–Trinajstić information content (AvgIpc) is 2.44. The third-order valence-electron chi connectivity index (χ3n) is 2.69. The molecule has 0 aliphatic heterocycles. The van der Waals surface area contributed by atoms with Crippen LogP contribution in [0.2, 0.25) is 0 Å². The summed E-state index contributed by atoms with van der Waals surface area (Å²) in [6.07, 6.45) is 0.492. The number of sulfonamides is 1. The second kappa shape index (κ2) is 6.65. The number of nitrogens with one attached hydrogen (secondary N) is 2. The van der Waals surface area contributed by atoms with E-state index < -0.39 is 16.1 Å². The fourth-order valence-electron chi connectivity index (χ4n) is 1.47. The highest BCUT2D eigenvalue weighted by Gasteiger charge is 2.18. The molecule has 3 N–H and O–H groups in total. The lowest BCUT2D eigenvalue weighted by molar-refractivity contribution is 0.0963. The molecule has 1 aromatic rings. The molecule has 0 aliphatic rings. The van der Waals surface area contributed by atoms with Crippen molar-refractivity contribution in [3.05, 3.63) is 29.8 Å². The second-order valence-electron chi connectivity index (χ2n) is 4.01. The van der Waals surface area contributed by atoms with Crippen molar-refractivity contribution in [1.82, 2.24) is 10.0 Å². The zero-order valence-corrected chi connectivity index (χ0v) is 11.7. The Morgan fingerprint density at radius 2 is 1.89 bits per heavy atom. The highest BCUT2D eigenvalue weighted by Crippen LogP contribution is 2.11. The monoisotopic (exact) mass is 286 g/mol. The molecule has 0 saturated heterocycles. The minimum absolute atomic E-state index is 0.0621. The first-order valence-corrected chi connectivity index (χ1v) is 7.38. The molecule has 0 aliphatic carbocycles. The van der Waals surface area contributed by atoms with E-state index in [1.54, 1.807) is 6.92 Å². The number of carbonyl (C=O) groups is 1. The first-order chi connectivity index (χ1) is 8.94. The molecule has 0 aromatic heterocycles. The summed E-state index contributed by atoms with van der Waals surface area (Å²) >= 11 is 0. The highest BCUT2D eigenvalue weighted by atomic mass is 32.2. The number of carbonyl (C=O) groups excluding carboxylic acids is 1. The number of amides is 1. The molecule has 0 spiro atoms. The van der Waals surface area contributed by atoms with Gasteiger partial charge in [-0.3, -0.25) is 4.79 Å². The smallest absolute Gasteiger partial charge is 0.251 e. The van der Waals surface area contributed by atoms with Crippen molar-refractivity contribution in [1.29, 1.82) is 0 Å². The number of aliphatic hydroxyl groups is 1. The van der Waals surface area contributed by atoms with Crippen LogP contribution in [0.3, 0.4) is 0 Å². The topological polar surface area (TPSA) is 95.5 Å². The Bertz CT molecular complexity index is 521. The Labute approximate surface area is 112 Å². The van der Waals surface area contributed by atoms with Gasteiger partial charge < -0.3 is 10.4 Å². The normalized spacial score (nSPS) is 13.0. The fraction of sp³-hybridized carbons (Fsp3) is 0.417. The van der Waals surface area contributed by atoms with Crippen molar-refractivity contribution in [2.45, 2.75) is 24.3 Å². The number of aliphatic hydroxyl groups excluding tert-OH is 1. The van der Waals surface area contributed by atoms with E-state index in [2.05, 4.69) is 10.0 Å². The van der Waals surface area contributed by atoms with Gasteiger partial charge in [0.05, 0.1) is 11.5 Å². The largest absolute Gasteiger partial charge is 0.395 e. The molecule has 1 aromatic carbocycles. The number of benzene rings is 1. The molecule has 106 valence electrons. The van der Waals surface area contributed by atoms with Crippen LogP contribution in [0.4, 0.5) is 0 Å². The molecule has 0 heterocycles. The Kier molecular flexibility index (Phi) is 5.46. The van der Waals surface area contributed by atoms with Gasteiger partial charge in [-0.2, -0.15) is 0 Å². The Hall–Kier alpha value is -1.44. The Morgan fingerprint density at radius 1 is 1.32 bits per heavy atom. The van der Waals surface area contributed by atoms with Crippen molar-refractivity contribution in [2.24, 2.45) is 0 Å². The van der Waals surface area contributed by atoms with E-state index in [4.69, 9.17) is 5.11 Å². The summed E-state index contributed by atoms with van der Waals surface area (Å²) in [4.78, 5) is 11.4. The molecule has 19 heavy (non-hydrogen) atoms. The van der Waals surface area contributed by atoms with E-state index in [0.29, 0.717) is 12.0 Å². The van der Waals surface area contributed by atoms with Gasteiger partial charge in [-0.15, -0.1) is 0 Å². The first kappa shape index (κ1) is 15.6. The van der Waals surface area contributed by atoms with Crippen molar-refractivity contribution in [2.75, 3.05) is 13.7 Å². The predicted molar refractivity (Wildman–Crippen MR) is 71.3 cm³/mol. The number of hydrogen-bond donors (Lipinski definition) is 3. The van der Waals surface area contributed by atoms with Crippen LogP contribution in [0.1, 0.15) is 23.7 Å². The van der Waals surface area contributed by atoms with Crippen LogP contribution in [0.25, 0.3) is 0 Å². The minimum atomic E-state index is -3.67. The van der Waals surface area contributed by atoms with Crippen molar-refractivity contribution in [3.8, 4) is 0 Å². The van der Waals surface area contributed by atoms with E-state index >= 15 is 0 Å². The lowest BCUT2D eigenvalue weighted by Crippen LogP contribution is -2.36. The molecule has 6 nitrogen and oxygen atoms in total. The molecule has 1 amide bonds. The SMILES string of the molecule is CC[C@H](CO)NS(=O)(=O)c1ccc(C(=O)NC)cc1. The highest BCUT2D eigenvalue weighted by molar-refractivity contribution is 7.89. The molecule has 1 rings (SSSR count). The summed E-state index contributed by atoms with van der Waals surface area (Å²) in [5, 5.41) is 11.5. The molecular weight excluding hydrogens is 268 g/mol. The zero-order valence-electron chi connectivity index (χ0n) is 10.9. The van der Waals surface area contributed by atoms with Crippen LogP contribution in [-0.2, 0) is 10.0 Å². The molecule has 0 unspecified atom stereocenters. The van der Waals surface area contributed by atoms with Gasteiger partial charge in [-0.05, 0) is 30.7 Å². The van der Waals surface area contributed by atoms with Gasteiger partial charge in [0.15, 0.2) is 0 Å². The maximum Gasteiger partial charge on any atom is 0.251 e. The van der Waals surface area contributed by atoms with E-state index in [-0.39, 0.29) is 17.4 Å². The molecule has 0 saturated carbocycles. The second-order valence-corrected chi connectivity index (χ2v) is 5.73. The summed E-state index contributed by atoms with van der Waals surface area (Å²) in [6.45, 7) is 1.52. The van der Waals surface area contributed by atoms with Crippen LogP contribution >= 0.6 is 0 Å². The summed E-state index contributed by atoms with van der Waals surface area (Å²) in [5.41, 5.74) is 0.385. The van der Waals surface area contributed by atoms with Crippen LogP contribution in [-0.4, -0.2) is 39.1 Å². The van der Waals surface area contributed by atoms with E-state index in [1.165, 1.54) is 31.3 Å². The zero-order chi connectivity index (χ0) is 14.5. The third-order valence-corrected chi connectivity index (χ3v) is 4.23. The standard InChI is InChI=1S/C12H18N2O4S/c1-3-10(8-15)14-19(17,18)11-6-4-9(5-7-11)12(16)13-2/h4-7,10,14-15H,3,8H2,1-2H3,(H,13,16)/t10-/m1/s1. The predicted octanol–water partition coefficient (Wildman–Crippen LogP) is 0.0954. The van der Waals surface area contributed by atoms with Gasteiger partial charge >= 0.3 is 0 Å². The van der Waals surface area contributed by atoms with Crippen molar-refractivity contribution >= 4 is 15.9 Å². The molecular formula is C12H18N2O4S. The molecule has 1 atom stereocenters. The summed E-state index contributed by atoms with van der Waals surface area (Å²) in [5.74, 6) is -0.279. The fourth-order valence-corrected chi connectivity index (χ4v) is 2.78. The average molecular weight is 286 g/mol. The Balaban J connectivity index is 2.93. The number of rotatable bonds is 6. The van der Waals surface area contributed by atoms with Gasteiger partial charge in [0, 0.05) is 18.7 Å². The van der Waals surface area contributed by atoms with Gasteiger partial charge in [-0.1, -0.05) is 6.92 Å². The van der Waals surface area contributed by atoms with Gasteiger partial charge in [-0.25, -0.2) is 13.1 Å². The van der Waals surface area contributed by atoms with E-state index in [9.17, 15) is 13.2 Å². The summed E-state index contributed by atoms with van der Waals surface area (Å²) in [6, 6.07) is 5.08. The van der Waals surface area contributed by atoms with Gasteiger partial charge in [0.1, 0.15) is 0 Å². The lowest BCUT2D eigenvalue weighted by atomic mass is 10.2. The van der Waals surface area contributed by atoms with E-state index in [1.807, 2.05) is 0 Å². The summed E-state index contributed by atoms with van der Waals surface area (Å²) < 4.78 is 26.4. The summed E-state index contributed by atoms with van der Waals surface area (Å²) in [7, 11) is -2.17. The van der Waals surface area contributed by atoms with Crippen LogP contribution in [0, 0.1) is 0 Å². The molecule has 0 fully saturated rings. The maximum absolute atomic E-state index is 12.0. The van der Waals surface area contributed by atoms with Crippen LogP contribution in [0.5, 0.6) is 0 Å². The van der Waals surface area contributed by atoms with Crippen molar-refractivity contribution in [3.63, 3.8) is 0 Å². The van der Waals surface area contributed by atoms with Crippen molar-refractivity contribution < 1.29 is 18.3 Å². The molecule has 0 radical (unpaired) electrons. The van der Waals surface area contributed by atoms with Crippen LogP contribution in [0.15, 0.2) is 29.2 Å². The van der Waals surface area contributed by atoms with Crippen LogP contribution < -0.4 is 10.0 Å². The lowest BCUT2D eigenvalue weighted by Gasteiger charge is -2.14. The first-order valence-electron chi connectivity index (χ1n) is 5.90. The maximum atomic E-state index is 12.0. The number of hydrogen-bond acceptors (Lipinski definition) is 4. The van der Waals surface area contributed by atoms with Gasteiger partial charge in [0.25, 0.3) is 5.91 Å². The molecule has 7 heteroatoms. The Morgan fingerprint density at radius 3 is 2.32 bits per heavy atom.